The van der Waals surface area contributed by atoms with Crippen LogP contribution in [0.2, 0.25) is 0 Å². The van der Waals surface area contributed by atoms with Crippen LogP contribution in [0.3, 0.4) is 0 Å². The molecule has 0 radical (unpaired) electrons. The topological polar surface area (TPSA) is 58.3 Å². The fourth-order valence-corrected chi connectivity index (χ4v) is 2.33. The van der Waals surface area contributed by atoms with Gasteiger partial charge in [-0.25, -0.2) is 9.97 Å². The zero-order valence-corrected chi connectivity index (χ0v) is 10.6. The maximum Gasteiger partial charge on any atom is 0.225 e. The fraction of sp³-hybridized carbons (Fsp3) is 0.667. The largest absolute Gasteiger partial charge is 0.344 e. The molecule has 1 aromatic rings. The third kappa shape index (κ3) is 3.14. The maximum atomic E-state index is 5.59. The van der Waals surface area contributed by atoms with Gasteiger partial charge in [0.2, 0.25) is 5.95 Å². The van der Waals surface area contributed by atoms with Crippen LogP contribution in [0, 0.1) is 5.92 Å². The highest BCUT2D eigenvalue weighted by Gasteiger charge is 2.21. The Hall–Kier alpha value is -1.20. The molecular formula is C12H21N5. The van der Waals surface area contributed by atoms with E-state index in [4.69, 9.17) is 5.73 Å². The molecule has 0 bridgehead atoms. The molecule has 1 atom stereocenters. The monoisotopic (exact) mass is 235 g/mol. The van der Waals surface area contributed by atoms with Gasteiger partial charge >= 0.3 is 0 Å². The molecule has 5 heteroatoms. The fourth-order valence-electron chi connectivity index (χ4n) is 2.33. The van der Waals surface area contributed by atoms with Crippen molar-refractivity contribution in [2.45, 2.75) is 13.0 Å². The molecule has 5 nitrogen and oxygen atoms in total. The summed E-state index contributed by atoms with van der Waals surface area (Å²) >= 11 is 0. The summed E-state index contributed by atoms with van der Waals surface area (Å²) in [6, 6.07) is 1.86. The molecule has 17 heavy (non-hydrogen) atoms. The number of nitrogens with zero attached hydrogens (tertiary/aromatic N) is 4. The van der Waals surface area contributed by atoms with Gasteiger partial charge in [-0.1, -0.05) is 0 Å². The summed E-state index contributed by atoms with van der Waals surface area (Å²) in [6.07, 6.45) is 3.04. The van der Waals surface area contributed by atoms with Gasteiger partial charge in [0.25, 0.3) is 0 Å². The summed E-state index contributed by atoms with van der Waals surface area (Å²) in [5.41, 5.74) is 6.48. The summed E-state index contributed by atoms with van der Waals surface area (Å²) < 4.78 is 0. The van der Waals surface area contributed by atoms with Gasteiger partial charge in [0, 0.05) is 32.9 Å². The second-order valence-electron chi connectivity index (χ2n) is 4.85. The van der Waals surface area contributed by atoms with Gasteiger partial charge in [0.1, 0.15) is 0 Å². The normalized spacial score (nSPS) is 20.8. The standard InChI is InChI=1S/C12H21N5/c1-16-6-4-10(8-16)9-17(2)12-14-5-3-11(7-13)15-12/h3,5,10H,4,6-9,13H2,1-2H3. The molecule has 0 spiro atoms. The Balaban J connectivity index is 1.96. The van der Waals surface area contributed by atoms with E-state index in [1.54, 1.807) is 6.20 Å². The van der Waals surface area contributed by atoms with Crippen LogP contribution in [0.5, 0.6) is 0 Å². The number of likely N-dealkylation sites (tertiary alicyclic amines) is 1. The first-order valence-electron chi connectivity index (χ1n) is 6.10. The Morgan fingerprint density at radius 2 is 2.41 bits per heavy atom. The van der Waals surface area contributed by atoms with Crippen molar-refractivity contribution in [1.82, 2.24) is 14.9 Å². The van der Waals surface area contributed by atoms with Gasteiger partial charge in [-0.3, -0.25) is 0 Å². The highest BCUT2D eigenvalue weighted by atomic mass is 15.2. The van der Waals surface area contributed by atoms with Crippen molar-refractivity contribution in [2.24, 2.45) is 11.7 Å². The highest BCUT2D eigenvalue weighted by molar-refractivity contribution is 5.28. The quantitative estimate of drug-likeness (QED) is 0.814. The number of hydrogen-bond acceptors (Lipinski definition) is 5. The van der Waals surface area contributed by atoms with Crippen molar-refractivity contribution in [3.05, 3.63) is 18.0 Å². The lowest BCUT2D eigenvalue weighted by atomic mass is 10.1. The van der Waals surface area contributed by atoms with E-state index in [1.165, 1.54) is 19.5 Å². The van der Waals surface area contributed by atoms with Gasteiger partial charge in [-0.15, -0.1) is 0 Å². The minimum Gasteiger partial charge on any atom is -0.344 e. The van der Waals surface area contributed by atoms with Crippen molar-refractivity contribution >= 4 is 5.95 Å². The second kappa shape index (κ2) is 5.42. The molecule has 1 aromatic heterocycles. The van der Waals surface area contributed by atoms with E-state index in [1.807, 2.05) is 13.1 Å². The van der Waals surface area contributed by atoms with Crippen LogP contribution in [0.25, 0.3) is 0 Å². The second-order valence-corrected chi connectivity index (χ2v) is 4.85. The van der Waals surface area contributed by atoms with Gasteiger partial charge in [-0.2, -0.15) is 0 Å². The van der Waals surface area contributed by atoms with Gasteiger partial charge < -0.3 is 15.5 Å². The molecule has 0 aromatic carbocycles. The Bertz CT molecular complexity index is 368. The van der Waals surface area contributed by atoms with Crippen LogP contribution in [-0.2, 0) is 6.54 Å². The van der Waals surface area contributed by atoms with Gasteiger partial charge in [0.15, 0.2) is 0 Å². The van der Waals surface area contributed by atoms with Crippen molar-refractivity contribution in [3.8, 4) is 0 Å². The highest BCUT2D eigenvalue weighted by Crippen LogP contribution is 2.17. The molecule has 0 aliphatic carbocycles. The van der Waals surface area contributed by atoms with Gasteiger partial charge in [0.05, 0.1) is 5.69 Å². The SMILES string of the molecule is CN1CCC(CN(C)c2nccc(CN)n2)C1. The Labute approximate surface area is 103 Å². The lowest BCUT2D eigenvalue weighted by molar-refractivity contribution is 0.395. The number of hydrogen-bond donors (Lipinski definition) is 1. The Kier molecular flexibility index (Phi) is 3.91. The van der Waals surface area contributed by atoms with Crippen LogP contribution >= 0.6 is 0 Å². The van der Waals surface area contributed by atoms with Crippen LogP contribution in [0.4, 0.5) is 5.95 Å². The van der Waals surface area contributed by atoms with Crippen molar-refractivity contribution in [1.29, 1.82) is 0 Å². The van der Waals surface area contributed by atoms with Crippen LogP contribution in [-0.4, -0.2) is 48.6 Å². The molecule has 94 valence electrons. The van der Waals surface area contributed by atoms with Gasteiger partial charge in [-0.05, 0) is 32.0 Å². The van der Waals surface area contributed by atoms with Crippen LogP contribution in [0.1, 0.15) is 12.1 Å². The van der Waals surface area contributed by atoms with E-state index in [0.717, 1.165) is 24.1 Å². The Morgan fingerprint density at radius 3 is 3.06 bits per heavy atom. The van der Waals surface area contributed by atoms with Crippen LogP contribution in [0.15, 0.2) is 12.3 Å². The first-order valence-corrected chi connectivity index (χ1v) is 6.10. The first-order chi connectivity index (χ1) is 8.19. The predicted molar refractivity (Wildman–Crippen MR) is 68.8 cm³/mol. The molecule has 1 saturated heterocycles. The van der Waals surface area contributed by atoms with Crippen molar-refractivity contribution < 1.29 is 0 Å². The van der Waals surface area contributed by atoms with Crippen molar-refractivity contribution in [2.75, 3.05) is 38.6 Å². The molecule has 0 amide bonds. The molecular weight excluding hydrogens is 214 g/mol. The third-order valence-corrected chi connectivity index (χ3v) is 3.27. The summed E-state index contributed by atoms with van der Waals surface area (Å²) in [4.78, 5) is 13.2. The summed E-state index contributed by atoms with van der Waals surface area (Å²) in [5.74, 6) is 1.50. The Morgan fingerprint density at radius 1 is 1.59 bits per heavy atom. The average Bonchev–Trinajstić information content (AvgIpc) is 2.75. The minimum atomic E-state index is 0.468. The molecule has 2 heterocycles. The molecule has 1 aliphatic rings. The summed E-state index contributed by atoms with van der Waals surface area (Å²) in [7, 11) is 4.22. The summed E-state index contributed by atoms with van der Waals surface area (Å²) in [5, 5.41) is 0. The number of rotatable bonds is 4. The zero-order valence-electron chi connectivity index (χ0n) is 10.6. The lowest BCUT2D eigenvalue weighted by Gasteiger charge is -2.21. The molecule has 1 fully saturated rings. The van der Waals surface area contributed by atoms with E-state index in [9.17, 15) is 0 Å². The third-order valence-electron chi connectivity index (χ3n) is 3.27. The molecule has 1 unspecified atom stereocenters. The van der Waals surface area contributed by atoms with Crippen molar-refractivity contribution in [3.63, 3.8) is 0 Å². The van der Waals surface area contributed by atoms with E-state index in [2.05, 4.69) is 26.8 Å². The smallest absolute Gasteiger partial charge is 0.225 e. The van der Waals surface area contributed by atoms with Crippen LogP contribution < -0.4 is 10.6 Å². The summed E-state index contributed by atoms with van der Waals surface area (Å²) in [6.45, 7) is 3.84. The zero-order chi connectivity index (χ0) is 12.3. The number of aromatic nitrogens is 2. The average molecular weight is 235 g/mol. The maximum absolute atomic E-state index is 5.59. The van der Waals surface area contributed by atoms with E-state index in [0.29, 0.717) is 6.54 Å². The molecule has 2 N–H and O–H groups in total. The molecule has 1 aliphatic heterocycles. The van der Waals surface area contributed by atoms with E-state index >= 15 is 0 Å². The number of nitrogens with two attached hydrogens (primary N) is 1. The lowest BCUT2D eigenvalue weighted by Crippen LogP contribution is -2.28. The predicted octanol–water partition coefficient (Wildman–Crippen LogP) is 0.323. The minimum absolute atomic E-state index is 0.468. The van der Waals surface area contributed by atoms with E-state index < -0.39 is 0 Å². The molecule has 2 rings (SSSR count). The number of anilines is 1. The molecule has 0 saturated carbocycles. The van der Waals surface area contributed by atoms with E-state index in [-0.39, 0.29) is 0 Å². The first kappa shape index (κ1) is 12.3.